The minimum Gasteiger partial charge on any atom is -0.321 e. The molecule has 1 aromatic heterocycles. The summed E-state index contributed by atoms with van der Waals surface area (Å²) < 4.78 is 29.5. The maximum absolute atomic E-state index is 12.1. The second-order valence-electron chi connectivity index (χ2n) is 3.74. The van der Waals surface area contributed by atoms with Gasteiger partial charge in [-0.1, -0.05) is 21.8 Å². The molecule has 0 N–H and O–H groups in total. The van der Waals surface area contributed by atoms with Gasteiger partial charge in [-0.25, -0.2) is 4.79 Å². The van der Waals surface area contributed by atoms with E-state index in [2.05, 4.69) is 4.52 Å². The van der Waals surface area contributed by atoms with E-state index in [0.717, 1.165) is 11.6 Å². The summed E-state index contributed by atoms with van der Waals surface area (Å²) in [6.07, 6.45) is 0. The Morgan fingerprint density at radius 2 is 1.71 bits per heavy atom. The third kappa shape index (κ3) is 2.03. The van der Waals surface area contributed by atoms with Gasteiger partial charge in [0.2, 0.25) is 0 Å². The minimum absolute atomic E-state index is 0.0885. The molecule has 5 nitrogen and oxygen atoms in total. The monoisotopic (exact) mass is 253 g/mol. The summed E-state index contributed by atoms with van der Waals surface area (Å²) in [5, 5.41) is 0. The van der Waals surface area contributed by atoms with Crippen LogP contribution in [0.4, 0.5) is 0 Å². The Hall–Kier alpha value is -1.82. The van der Waals surface area contributed by atoms with Crippen LogP contribution in [0.25, 0.3) is 0 Å². The second kappa shape index (κ2) is 3.89. The Kier molecular flexibility index (Phi) is 2.66. The van der Waals surface area contributed by atoms with Crippen LogP contribution in [0.1, 0.15) is 11.3 Å². The van der Waals surface area contributed by atoms with E-state index >= 15 is 0 Å². The van der Waals surface area contributed by atoms with Crippen LogP contribution < -0.4 is 5.63 Å². The molecule has 0 radical (unpaired) electrons. The summed E-state index contributed by atoms with van der Waals surface area (Å²) in [6.45, 7) is 3.36. The Morgan fingerprint density at radius 1 is 1.12 bits per heavy atom. The van der Waals surface area contributed by atoms with Crippen molar-refractivity contribution in [3.05, 3.63) is 52.0 Å². The predicted molar refractivity (Wildman–Crippen MR) is 61.5 cm³/mol. The number of hydrogen-bond donors (Lipinski definition) is 0. The van der Waals surface area contributed by atoms with Crippen molar-refractivity contribution < 1.29 is 12.9 Å². The molecule has 0 fully saturated rings. The molecule has 1 aromatic carbocycles. The number of aryl methyl sites for hydroxylation is 2. The predicted octanol–water partition coefficient (Wildman–Crippen LogP) is 1.30. The third-order valence-electron chi connectivity index (χ3n) is 2.32. The van der Waals surface area contributed by atoms with Crippen molar-refractivity contribution in [3.8, 4) is 0 Å². The van der Waals surface area contributed by atoms with E-state index in [9.17, 15) is 13.2 Å². The van der Waals surface area contributed by atoms with Crippen molar-refractivity contribution in [3.63, 3.8) is 0 Å². The molecule has 0 atom stereocenters. The van der Waals surface area contributed by atoms with Crippen LogP contribution in [0.2, 0.25) is 0 Å². The lowest BCUT2D eigenvalue weighted by Crippen LogP contribution is -2.13. The van der Waals surface area contributed by atoms with E-state index in [0.29, 0.717) is 4.15 Å². The van der Waals surface area contributed by atoms with Crippen LogP contribution in [-0.4, -0.2) is 12.6 Å². The Labute approximate surface area is 98.3 Å². The Bertz CT molecular complexity index is 692. The van der Waals surface area contributed by atoms with Crippen LogP contribution in [0, 0.1) is 13.8 Å². The molecule has 0 unspecified atom stereocenters. The lowest BCUT2D eigenvalue weighted by molar-refractivity contribution is 0.338. The number of nitrogens with zero attached hydrogens (tertiary/aromatic N) is 1. The summed E-state index contributed by atoms with van der Waals surface area (Å²) in [7, 11) is -3.82. The minimum atomic E-state index is -3.82. The number of hydrogen-bond acceptors (Lipinski definition) is 4. The van der Waals surface area contributed by atoms with Gasteiger partial charge < -0.3 is 4.52 Å². The van der Waals surface area contributed by atoms with Gasteiger partial charge in [-0.3, -0.25) is 0 Å². The SMILES string of the molecule is Cc1ccc(S(=O)(=O)n2oc(=O)cc2C)cc1. The Morgan fingerprint density at radius 3 is 2.18 bits per heavy atom. The van der Waals surface area contributed by atoms with Crippen LogP contribution in [0.3, 0.4) is 0 Å². The standard InChI is InChI=1S/C11H11NO4S/c1-8-3-5-10(6-4-8)17(14,15)12-9(2)7-11(13)16-12/h3-7H,1-2H3. The van der Waals surface area contributed by atoms with E-state index in [1.807, 2.05) is 6.92 Å². The molecule has 17 heavy (non-hydrogen) atoms. The molecule has 0 bridgehead atoms. The van der Waals surface area contributed by atoms with Crippen LogP contribution in [-0.2, 0) is 10.0 Å². The van der Waals surface area contributed by atoms with E-state index in [1.54, 1.807) is 12.1 Å². The van der Waals surface area contributed by atoms with E-state index in [-0.39, 0.29) is 10.6 Å². The molecule has 1 heterocycles. The highest BCUT2D eigenvalue weighted by Gasteiger charge is 2.21. The fraction of sp³-hybridized carbons (Fsp3) is 0.182. The highest BCUT2D eigenvalue weighted by Crippen LogP contribution is 2.15. The van der Waals surface area contributed by atoms with Crippen molar-refractivity contribution in [2.75, 3.05) is 0 Å². The van der Waals surface area contributed by atoms with Crippen molar-refractivity contribution in [2.45, 2.75) is 18.7 Å². The summed E-state index contributed by atoms with van der Waals surface area (Å²) in [4.78, 5) is 11.1. The maximum atomic E-state index is 12.1. The zero-order chi connectivity index (χ0) is 12.6. The molecule has 0 aliphatic carbocycles. The van der Waals surface area contributed by atoms with Crippen molar-refractivity contribution in [1.29, 1.82) is 0 Å². The van der Waals surface area contributed by atoms with Gasteiger partial charge >= 0.3 is 5.63 Å². The molecule has 90 valence electrons. The van der Waals surface area contributed by atoms with Gasteiger partial charge in [0.05, 0.1) is 10.6 Å². The smallest absolute Gasteiger partial charge is 0.321 e. The number of aromatic nitrogens is 1. The van der Waals surface area contributed by atoms with Crippen LogP contribution in [0.5, 0.6) is 0 Å². The molecule has 0 amide bonds. The van der Waals surface area contributed by atoms with Crippen molar-refractivity contribution >= 4 is 10.0 Å². The topological polar surface area (TPSA) is 69.3 Å². The first-order chi connectivity index (χ1) is 7.91. The molecule has 0 spiro atoms. The van der Waals surface area contributed by atoms with Gasteiger partial charge in [0, 0.05) is 6.07 Å². The van der Waals surface area contributed by atoms with Crippen molar-refractivity contribution in [2.24, 2.45) is 0 Å². The molecule has 2 aromatic rings. The fourth-order valence-electron chi connectivity index (χ4n) is 1.45. The second-order valence-corrected chi connectivity index (χ2v) is 5.49. The molecule has 0 saturated carbocycles. The highest BCUT2D eigenvalue weighted by molar-refractivity contribution is 7.89. The lowest BCUT2D eigenvalue weighted by Gasteiger charge is -2.05. The molecule has 6 heteroatoms. The maximum Gasteiger partial charge on any atom is 0.359 e. The summed E-state index contributed by atoms with van der Waals surface area (Å²) >= 11 is 0. The van der Waals surface area contributed by atoms with Crippen molar-refractivity contribution in [1.82, 2.24) is 4.15 Å². The van der Waals surface area contributed by atoms with E-state index in [1.165, 1.54) is 19.1 Å². The zero-order valence-corrected chi connectivity index (χ0v) is 10.2. The molecular weight excluding hydrogens is 242 g/mol. The van der Waals surface area contributed by atoms with E-state index < -0.39 is 15.6 Å². The first-order valence-corrected chi connectivity index (χ1v) is 6.37. The molecule has 0 saturated heterocycles. The first-order valence-electron chi connectivity index (χ1n) is 4.93. The molecule has 0 aliphatic heterocycles. The van der Waals surface area contributed by atoms with Gasteiger partial charge in [-0.15, -0.1) is 0 Å². The third-order valence-corrected chi connectivity index (χ3v) is 3.99. The van der Waals surface area contributed by atoms with Gasteiger partial charge in [-0.2, -0.15) is 8.42 Å². The van der Waals surface area contributed by atoms with Crippen LogP contribution in [0.15, 0.2) is 44.5 Å². The molecular formula is C11H11NO4S. The normalized spacial score (nSPS) is 11.6. The summed E-state index contributed by atoms with van der Waals surface area (Å²) in [5.74, 6) is 0. The highest BCUT2D eigenvalue weighted by atomic mass is 32.2. The van der Waals surface area contributed by atoms with E-state index in [4.69, 9.17) is 0 Å². The molecule has 2 rings (SSSR count). The molecule has 0 aliphatic rings. The largest absolute Gasteiger partial charge is 0.359 e. The summed E-state index contributed by atoms with van der Waals surface area (Å²) in [6, 6.07) is 7.45. The number of benzene rings is 1. The van der Waals surface area contributed by atoms with Gasteiger partial charge in [0.15, 0.2) is 0 Å². The summed E-state index contributed by atoms with van der Waals surface area (Å²) in [5.41, 5.74) is 0.517. The number of rotatable bonds is 2. The van der Waals surface area contributed by atoms with Gasteiger partial charge in [0.1, 0.15) is 0 Å². The lowest BCUT2D eigenvalue weighted by atomic mass is 10.2. The zero-order valence-electron chi connectivity index (χ0n) is 9.38. The quantitative estimate of drug-likeness (QED) is 0.808. The van der Waals surface area contributed by atoms with Gasteiger partial charge in [-0.05, 0) is 26.0 Å². The fourth-order valence-corrected chi connectivity index (χ4v) is 2.72. The Balaban J connectivity index is 2.61. The average Bonchev–Trinajstić information content (AvgIpc) is 2.59. The van der Waals surface area contributed by atoms with Crippen LogP contribution >= 0.6 is 0 Å². The average molecular weight is 253 g/mol. The van der Waals surface area contributed by atoms with Gasteiger partial charge in [0.25, 0.3) is 10.0 Å². The first kappa shape index (κ1) is 11.7.